The number of hydrogen-bond donors (Lipinski definition) is 1. The second-order valence-corrected chi connectivity index (χ2v) is 9.45. The molecule has 9 nitrogen and oxygen atoms in total. The Labute approximate surface area is 201 Å². The summed E-state index contributed by atoms with van der Waals surface area (Å²) in [6, 6.07) is 7.32. The topological polar surface area (TPSA) is 92.7 Å². The van der Waals surface area contributed by atoms with Crippen molar-refractivity contribution >= 4 is 6.09 Å². The van der Waals surface area contributed by atoms with Crippen LogP contribution in [0.15, 0.2) is 29.1 Å². The first-order valence-corrected chi connectivity index (χ1v) is 12.5. The number of H-pyrrole nitrogens is 1. The molecule has 0 aliphatic carbocycles. The second kappa shape index (κ2) is 11.6. The summed E-state index contributed by atoms with van der Waals surface area (Å²) < 4.78 is 12.0. The minimum absolute atomic E-state index is 0.170. The number of carbonyl (C=O) groups excluding carboxylic acids is 1. The molecular weight excluding hydrogens is 434 g/mol. The van der Waals surface area contributed by atoms with Crippen molar-refractivity contribution in [2.45, 2.75) is 51.4 Å². The zero-order chi connectivity index (χ0) is 23.9. The number of ether oxygens (including phenoxy) is 2. The molecular formula is C25H37N5O4. The maximum absolute atomic E-state index is 12.6. The van der Waals surface area contributed by atoms with E-state index in [1.165, 1.54) is 4.68 Å². The third-order valence-electron chi connectivity index (χ3n) is 6.86. The zero-order valence-electron chi connectivity index (χ0n) is 20.4. The van der Waals surface area contributed by atoms with E-state index >= 15 is 0 Å². The van der Waals surface area contributed by atoms with Crippen LogP contribution < -0.4 is 10.4 Å². The van der Waals surface area contributed by atoms with Gasteiger partial charge in [0.05, 0.1) is 19.4 Å². The molecule has 2 aromatic rings. The lowest BCUT2D eigenvalue weighted by Crippen LogP contribution is -2.45. The number of likely N-dealkylation sites (tertiary alicyclic amines) is 2. The van der Waals surface area contributed by atoms with Crippen LogP contribution in [0.1, 0.15) is 57.2 Å². The Hall–Kier alpha value is -2.81. The highest BCUT2D eigenvalue weighted by molar-refractivity contribution is 5.67. The first-order chi connectivity index (χ1) is 16.6. The molecule has 2 aliphatic heterocycles. The molecule has 186 valence electrons. The van der Waals surface area contributed by atoms with E-state index in [0.29, 0.717) is 18.2 Å². The van der Waals surface area contributed by atoms with Crippen molar-refractivity contribution in [2.75, 3.05) is 46.4 Å². The third-order valence-corrected chi connectivity index (χ3v) is 6.86. The van der Waals surface area contributed by atoms with Crippen molar-refractivity contribution in [2.24, 2.45) is 5.92 Å². The molecule has 1 aromatic heterocycles. The number of rotatable bonds is 8. The van der Waals surface area contributed by atoms with Gasteiger partial charge in [-0.3, -0.25) is 4.98 Å². The minimum Gasteiger partial charge on any atom is -0.497 e. The van der Waals surface area contributed by atoms with Crippen molar-refractivity contribution in [3.63, 3.8) is 0 Å². The summed E-state index contributed by atoms with van der Waals surface area (Å²) in [7, 11) is 1.62. The number of carbonyl (C=O) groups is 1. The van der Waals surface area contributed by atoms with Gasteiger partial charge in [-0.05, 0) is 68.8 Å². The van der Waals surface area contributed by atoms with Gasteiger partial charge in [0, 0.05) is 32.1 Å². The predicted molar refractivity (Wildman–Crippen MR) is 130 cm³/mol. The maximum Gasteiger partial charge on any atom is 0.409 e. The van der Waals surface area contributed by atoms with E-state index in [9.17, 15) is 9.59 Å². The molecule has 2 aliphatic rings. The Balaban J connectivity index is 1.34. The lowest BCUT2D eigenvalue weighted by Gasteiger charge is -2.38. The van der Waals surface area contributed by atoms with Crippen LogP contribution in [-0.4, -0.2) is 77.1 Å². The fourth-order valence-corrected chi connectivity index (χ4v) is 5.01. The Morgan fingerprint density at radius 2 is 1.94 bits per heavy atom. The first kappa shape index (κ1) is 24.3. The Morgan fingerprint density at radius 3 is 2.71 bits per heavy atom. The number of amides is 1. The summed E-state index contributed by atoms with van der Waals surface area (Å²) in [5, 5.41) is 4.62. The Morgan fingerprint density at radius 1 is 1.15 bits per heavy atom. The fraction of sp³-hybridized carbons (Fsp3) is 0.640. The molecule has 2 atom stereocenters. The number of piperidine rings is 2. The van der Waals surface area contributed by atoms with Gasteiger partial charge in [-0.25, -0.2) is 9.59 Å². The molecule has 1 unspecified atom stereocenters. The van der Waals surface area contributed by atoms with E-state index in [1.807, 2.05) is 29.2 Å². The molecule has 3 heterocycles. The molecule has 0 saturated carbocycles. The fourth-order valence-electron chi connectivity index (χ4n) is 5.01. The van der Waals surface area contributed by atoms with E-state index in [-0.39, 0.29) is 17.7 Å². The number of nitrogens with one attached hydrogen (secondary N) is 1. The highest BCUT2D eigenvalue weighted by Crippen LogP contribution is 2.27. The molecule has 1 N–H and O–H groups in total. The van der Waals surface area contributed by atoms with Crippen LogP contribution in [0.4, 0.5) is 4.79 Å². The van der Waals surface area contributed by atoms with E-state index in [0.717, 1.165) is 82.8 Å². The number of benzene rings is 1. The van der Waals surface area contributed by atoms with Crippen molar-refractivity contribution in [1.29, 1.82) is 0 Å². The van der Waals surface area contributed by atoms with Gasteiger partial charge in [-0.15, -0.1) is 5.10 Å². The van der Waals surface area contributed by atoms with Crippen LogP contribution >= 0.6 is 0 Å². The van der Waals surface area contributed by atoms with E-state index in [4.69, 9.17) is 9.47 Å². The number of hydrogen-bond acceptors (Lipinski definition) is 6. The average Bonchev–Trinajstić information content (AvgIpc) is 3.26. The maximum atomic E-state index is 12.6. The average molecular weight is 472 g/mol. The number of unbranched alkanes of at least 4 members (excludes halogenated alkanes) is 1. The molecule has 0 radical (unpaired) electrons. The summed E-state index contributed by atoms with van der Waals surface area (Å²) >= 11 is 0. The zero-order valence-corrected chi connectivity index (χ0v) is 20.4. The number of methoxy groups -OCH3 is 1. The molecule has 34 heavy (non-hydrogen) atoms. The van der Waals surface area contributed by atoms with Crippen LogP contribution in [0.5, 0.6) is 5.75 Å². The minimum atomic E-state index is -0.221. The monoisotopic (exact) mass is 471 g/mol. The highest BCUT2D eigenvalue weighted by Gasteiger charge is 2.29. The van der Waals surface area contributed by atoms with Gasteiger partial charge in [0.25, 0.3) is 0 Å². The normalized spacial score (nSPS) is 21.4. The van der Waals surface area contributed by atoms with Gasteiger partial charge < -0.3 is 19.3 Å². The van der Waals surface area contributed by atoms with Crippen molar-refractivity contribution < 1.29 is 14.3 Å². The quantitative estimate of drug-likeness (QED) is 0.593. The van der Waals surface area contributed by atoms with Crippen molar-refractivity contribution in [3.8, 4) is 11.4 Å². The summed E-state index contributed by atoms with van der Waals surface area (Å²) in [5.74, 6) is 2.13. The summed E-state index contributed by atoms with van der Waals surface area (Å²) in [5.41, 5.74) is 0.496. The van der Waals surface area contributed by atoms with E-state index in [2.05, 4.69) is 21.9 Å². The lowest BCUT2D eigenvalue weighted by molar-refractivity contribution is 0.0727. The summed E-state index contributed by atoms with van der Waals surface area (Å²) in [6.45, 7) is 7.01. The van der Waals surface area contributed by atoms with Gasteiger partial charge in [0.2, 0.25) is 0 Å². The van der Waals surface area contributed by atoms with Gasteiger partial charge in [0.1, 0.15) is 11.6 Å². The van der Waals surface area contributed by atoms with E-state index < -0.39 is 0 Å². The van der Waals surface area contributed by atoms with Crippen molar-refractivity contribution in [1.82, 2.24) is 24.6 Å². The molecule has 2 fully saturated rings. The lowest BCUT2D eigenvalue weighted by atomic mass is 9.93. The van der Waals surface area contributed by atoms with E-state index in [1.54, 1.807) is 7.11 Å². The Kier molecular flexibility index (Phi) is 8.26. The molecule has 0 spiro atoms. The van der Waals surface area contributed by atoms with Crippen LogP contribution in [0.3, 0.4) is 0 Å². The van der Waals surface area contributed by atoms with Crippen LogP contribution in [0, 0.1) is 5.92 Å². The Bertz CT molecular complexity index is 986. The van der Waals surface area contributed by atoms with Gasteiger partial charge in [-0.1, -0.05) is 13.3 Å². The molecule has 9 heteroatoms. The van der Waals surface area contributed by atoms with Crippen LogP contribution in [0.2, 0.25) is 0 Å². The number of aromatic nitrogens is 3. The summed E-state index contributed by atoms with van der Waals surface area (Å²) in [4.78, 5) is 32.3. The molecule has 4 rings (SSSR count). The standard InChI is InChI=1S/C25H37N5O4/c1-3-4-15-34-25(32)29-14-5-7-19(17-29)16-28-13-6-8-20(18-28)23-26-24(31)30(27-23)21-9-11-22(33-2)12-10-21/h9-12,19-20H,3-8,13-18H2,1-2H3,(H,26,27,31)/t19?,20-/m0/s1. The highest BCUT2D eigenvalue weighted by atomic mass is 16.6. The SMILES string of the molecule is CCCCOC(=O)N1CCCC(CN2CCC[C@H](c3nn(-c4ccc(OC)cc4)c(=O)[nH]3)C2)C1. The molecule has 1 amide bonds. The van der Waals surface area contributed by atoms with Gasteiger partial charge in [-0.2, -0.15) is 4.68 Å². The molecule has 0 bridgehead atoms. The second-order valence-electron chi connectivity index (χ2n) is 9.45. The van der Waals surface area contributed by atoms with Crippen molar-refractivity contribution in [3.05, 3.63) is 40.6 Å². The van der Waals surface area contributed by atoms with Crippen LogP contribution in [0.25, 0.3) is 5.69 Å². The van der Waals surface area contributed by atoms with Crippen LogP contribution in [-0.2, 0) is 4.74 Å². The van der Waals surface area contributed by atoms with Gasteiger partial charge in [0.15, 0.2) is 0 Å². The molecule has 2 saturated heterocycles. The number of aromatic amines is 1. The first-order valence-electron chi connectivity index (χ1n) is 12.5. The third kappa shape index (κ3) is 6.00. The van der Waals surface area contributed by atoms with Gasteiger partial charge >= 0.3 is 11.8 Å². The summed E-state index contributed by atoms with van der Waals surface area (Å²) in [6.07, 6.45) is 5.98. The smallest absolute Gasteiger partial charge is 0.409 e. The largest absolute Gasteiger partial charge is 0.497 e. The predicted octanol–water partition coefficient (Wildman–Crippen LogP) is 3.40. The molecule has 1 aromatic carbocycles. The number of nitrogens with zero attached hydrogens (tertiary/aromatic N) is 4.